The number of benzene rings is 1. The smallest absolute Gasteiger partial charge is 0.291 e. The number of nitrogens with one attached hydrogen (secondary N) is 1. The zero-order valence-corrected chi connectivity index (χ0v) is 11.6. The van der Waals surface area contributed by atoms with Gasteiger partial charge in [0.15, 0.2) is 5.76 Å². The summed E-state index contributed by atoms with van der Waals surface area (Å²) in [6.45, 7) is 2.04. The van der Waals surface area contributed by atoms with Crippen molar-refractivity contribution in [1.29, 1.82) is 0 Å². The lowest BCUT2D eigenvalue weighted by Crippen LogP contribution is -2.13. The molecule has 0 radical (unpaired) electrons. The van der Waals surface area contributed by atoms with Crippen molar-refractivity contribution < 1.29 is 9.21 Å². The van der Waals surface area contributed by atoms with Gasteiger partial charge in [-0.1, -0.05) is 23.4 Å². The first-order valence-electron chi connectivity index (χ1n) is 5.95. The predicted molar refractivity (Wildman–Crippen MR) is 78.8 cm³/mol. The highest BCUT2D eigenvalue weighted by molar-refractivity contribution is 6.31. The number of rotatable bonds is 2. The first kappa shape index (κ1) is 14.2. The van der Waals surface area contributed by atoms with E-state index in [9.17, 15) is 4.79 Å². The third-order valence-corrected chi connectivity index (χ3v) is 2.86. The maximum absolute atomic E-state index is 12.1. The summed E-state index contributed by atoms with van der Waals surface area (Å²) >= 11 is 5.94. The van der Waals surface area contributed by atoms with Gasteiger partial charge in [0.1, 0.15) is 0 Å². The number of furan rings is 1. The Morgan fingerprint density at radius 3 is 2.90 bits per heavy atom. The lowest BCUT2D eigenvalue weighted by molar-refractivity contribution is 0.0996. The summed E-state index contributed by atoms with van der Waals surface area (Å²) in [5, 5.41) is 3.25. The van der Waals surface area contributed by atoms with Crippen LogP contribution in [0, 0.1) is 18.8 Å². The molecule has 0 spiro atoms. The number of nitrogens with two attached hydrogens (primary N) is 1. The highest BCUT2D eigenvalue weighted by Gasteiger charge is 2.14. The fourth-order valence-electron chi connectivity index (χ4n) is 1.66. The summed E-state index contributed by atoms with van der Waals surface area (Å²) in [7, 11) is 0. The van der Waals surface area contributed by atoms with Crippen molar-refractivity contribution in [2.75, 3.05) is 11.9 Å². The van der Waals surface area contributed by atoms with Crippen molar-refractivity contribution in [3.05, 3.63) is 52.4 Å². The van der Waals surface area contributed by atoms with Gasteiger partial charge in [0, 0.05) is 16.1 Å². The number of carbonyl (C=O) groups is 1. The van der Waals surface area contributed by atoms with Gasteiger partial charge >= 0.3 is 0 Å². The number of halogens is 1. The normalized spacial score (nSPS) is 9.75. The first-order chi connectivity index (χ1) is 9.61. The van der Waals surface area contributed by atoms with Crippen LogP contribution in [0.5, 0.6) is 0 Å². The van der Waals surface area contributed by atoms with Crippen LogP contribution >= 0.6 is 11.6 Å². The average Bonchev–Trinajstić information content (AvgIpc) is 2.84. The van der Waals surface area contributed by atoms with Gasteiger partial charge in [-0.05, 0) is 31.2 Å². The Morgan fingerprint density at radius 2 is 2.25 bits per heavy atom. The van der Waals surface area contributed by atoms with E-state index in [1.807, 2.05) is 0 Å². The van der Waals surface area contributed by atoms with Crippen molar-refractivity contribution in [1.82, 2.24) is 0 Å². The minimum absolute atomic E-state index is 0.243. The van der Waals surface area contributed by atoms with E-state index in [-0.39, 0.29) is 18.2 Å². The molecule has 0 aliphatic rings. The van der Waals surface area contributed by atoms with E-state index in [4.69, 9.17) is 21.8 Å². The number of carbonyl (C=O) groups excluding carboxylic acids is 1. The van der Waals surface area contributed by atoms with Gasteiger partial charge in [-0.3, -0.25) is 4.79 Å². The van der Waals surface area contributed by atoms with Gasteiger partial charge < -0.3 is 15.5 Å². The number of anilines is 1. The van der Waals surface area contributed by atoms with Crippen LogP contribution in [0.3, 0.4) is 0 Å². The second-order valence-corrected chi connectivity index (χ2v) is 4.52. The van der Waals surface area contributed by atoms with Gasteiger partial charge in [0.05, 0.1) is 18.5 Å². The summed E-state index contributed by atoms with van der Waals surface area (Å²) in [6, 6.07) is 6.80. The summed E-state index contributed by atoms with van der Waals surface area (Å²) in [5.41, 5.74) is 7.29. The average molecular weight is 289 g/mol. The molecular weight excluding hydrogens is 276 g/mol. The molecule has 0 fully saturated rings. The minimum atomic E-state index is -0.342. The molecule has 2 aromatic rings. The van der Waals surface area contributed by atoms with Crippen LogP contribution in [0.2, 0.25) is 5.02 Å². The molecule has 0 saturated heterocycles. The lowest BCUT2D eigenvalue weighted by atomic mass is 10.1. The first-order valence-corrected chi connectivity index (χ1v) is 6.33. The molecule has 0 unspecified atom stereocenters. The Kier molecular flexibility index (Phi) is 4.46. The van der Waals surface area contributed by atoms with Crippen molar-refractivity contribution in [2.45, 2.75) is 6.92 Å². The molecule has 0 saturated carbocycles. The van der Waals surface area contributed by atoms with Gasteiger partial charge in [-0.25, -0.2) is 0 Å². The Bertz CT molecular complexity index is 695. The second-order valence-electron chi connectivity index (χ2n) is 4.08. The Morgan fingerprint density at radius 1 is 1.45 bits per heavy atom. The van der Waals surface area contributed by atoms with Crippen LogP contribution < -0.4 is 11.1 Å². The molecule has 1 amide bonds. The quantitative estimate of drug-likeness (QED) is 0.835. The molecule has 2 rings (SSSR count). The van der Waals surface area contributed by atoms with E-state index in [0.717, 1.165) is 5.56 Å². The SMILES string of the molecule is Cc1ccoc1C(=O)Nc1cc(Cl)ccc1C#CCN. The molecule has 1 aromatic carbocycles. The fraction of sp³-hybridized carbons (Fsp3) is 0.133. The van der Waals surface area contributed by atoms with Crippen LogP contribution in [-0.2, 0) is 0 Å². The van der Waals surface area contributed by atoms with Gasteiger partial charge in [-0.15, -0.1) is 0 Å². The van der Waals surface area contributed by atoms with Crippen molar-refractivity contribution >= 4 is 23.2 Å². The molecule has 0 aliphatic heterocycles. The molecular formula is C15H13ClN2O2. The monoisotopic (exact) mass is 288 g/mol. The van der Waals surface area contributed by atoms with Crippen molar-refractivity contribution in [2.24, 2.45) is 5.73 Å². The highest BCUT2D eigenvalue weighted by atomic mass is 35.5. The molecule has 5 heteroatoms. The van der Waals surface area contributed by atoms with Crippen LogP contribution in [0.25, 0.3) is 0 Å². The molecule has 0 atom stereocenters. The van der Waals surface area contributed by atoms with Crippen LogP contribution in [0.4, 0.5) is 5.69 Å². The third kappa shape index (κ3) is 3.21. The summed E-state index contributed by atoms with van der Waals surface area (Å²) < 4.78 is 5.15. The second kappa shape index (κ2) is 6.29. The number of hydrogen-bond acceptors (Lipinski definition) is 3. The van der Waals surface area contributed by atoms with E-state index in [0.29, 0.717) is 16.3 Å². The van der Waals surface area contributed by atoms with Crippen LogP contribution in [-0.4, -0.2) is 12.5 Å². The molecule has 0 bridgehead atoms. The molecule has 102 valence electrons. The Hall–Kier alpha value is -2.22. The van der Waals surface area contributed by atoms with E-state index >= 15 is 0 Å². The van der Waals surface area contributed by atoms with Crippen LogP contribution in [0.1, 0.15) is 21.7 Å². The highest BCUT2D eigenvalue weighted by Crippen LogP contribution is 2.21. The van der Waals surface area contributed by atoms with E-state index in [2.05, 4.69) is 17.2 Å². The minimum Gasteiger partial charge on any atom is -0.459 e. The molecule has 0 aliphatic carbocycles. The largest absolute Gasteiger partial charge is 0.459 e. The third-order valence-electron chi connectivity index (χ3n) is 2.62. The maximum atomic E-state index is 12.1. The molecule has 3 N–H and O–H groups in total. The number of amides is 1. The van der Waals surface area contributed by atoms with Gasteiger partial charge in [0.2, 0.25) is 0 Å². The topological polar surface area (TPSA) is 68.3 Å². The summed E-state index contributed by atoms with van der Waals surface area (Å²) in [4.78, 5) is 12.1. The Labute approximate surface area is 121 Å². The number of hydrogen-bond donors (Lipinski definition) is 2. The predicted octanol–water partition coefficient (Wildman–Crippen LogP) is 2.80. The summed E-state index contributed by atoms with van der Waals surface area (Å²) in [6.07, 6.45) is 1.47. The molecule has 20 heavy (non-hydrogen) atoms. The zero-order valence-electron chi connectivity index (χ0n) is 10.9. The van der Waals surface area contributed by atoms with Crippen molar-refractivity contribution in [3.8, 4) is 11.8 Å². The van der Waals surface area contributed by atoms with E-state index < -0.39 is 0 Å². The Balaban J connectivity index is 2.31. The number of aryl methyl sites for hydroxylation is 1. The fourth-order valence-corrected chi connectivity index (χ4v) is 1.83. The summed E-state index contributed by atoms with van der Waals surface area (Å²) in [5.74, 6) is 5.55. The standard InChI is InChI=1S/C15H13ClN2O2/c1-10-6-8-20-14(10)15(19)18-13-9-12(16)5-4-11(13)3-2-7-17/h4-6,8-9H,7,17H2,1H3,(H,18,19). The van der Waals surface area contributed by atoms with E-state index in [1.54, 1.807) is 31.2 Å². The molecule has 4 nitrogen and oxygen atoms in total. The van der Waals surface area contributed by atoms with E-state index in [1.165, 1.54) is 6.26 Å². The van der Waals surface area contributed by atoms with Gasteiger partial charge in [-0.2, -0.15) is 0 Å². The van der Waals surface area contributed by atoms with Crippen molar-refractivity contribution in [3.63, 3.8) is 0 Å². The lowest BCUT2D eigenvalue weighted by Gasteiger charge is -2.07. The van der Waals surface area contributed by atoms with Crippen LogP contribution in [0.15, 0.2) is 34.9 Å². The van der Waals surface area contributed by atoms with Gasteiger partial charge in [0.25, 0.3) is 5.91 Å². The maximum Gasteiger partial charge on any atom is 0.291 e. The molecule has 1 heterocycles. The zero-order chi connectivity index (χ0) is 14.5. The molecule has 1 aromatic heterocycles.